The van der Waals surface area contributed by atoms with Crippen molar-refractivity contribution in [3.63, 3.8) is 0 Å². The number of esters is 1. The van der Waals surface area contributed by atoms with Crippen LogP contribution >= 0.6 is 0 Å². The Balaban J connectivity index is 0. The lowest BCUT2D eigenvalue weighted by atomic mass is 10.2. The van der Waals surface area contributed by atoms with Gasteiger partial charge in [-0.2, -0.15) is 0 Å². The van der Waals surface area contributed by atoms with Crippen molar-refractivity contribution in [1.82, 2.24) is 0 Å². The number of carbonyl (C=O) groups excluding carboxylic acids is 1. The zero-order chi connectivity index (χ0) is 12.8. The van der Waals surface area contributed by atoms with E-state index in [1.807, 2.05) is 18.2 Å². The molecule has 0 bridgehead atoms. The van der Waals surface area contributed by atoms with Gasteiger partial charge in [-0.15, -0.1) is 0 Å². The van der Waals surface area contributed by atoms with Crippen molar-refractivity contribution in [2.45, 2.75) is 41.0 Å². The SMILES string of the molecule is CCC.CCOC(C)=O.Cc1ccccc1. The highest BCUT2D eigenvalue weighted by atomic mass is 16.5. The smallest absolute Gasteiger partial charge is 0.302 e. The van der Waals surface area contributed by atoms with Crippen molar-refractivity contribution in [3.05, 3.63) is 35.9 Å². The molecule has 2 nitrogen and oxygen atoms in total. The zero-order valence-electron chi connectivity index (χ0n) is 11.1. The molecule has 1 rings (SSSR count). The summed E-state index contributed by atoms with van der Waals surface area (Å²) in [4.78, 5) is 9.82. The lowest BCUT2D eigenvalue weighted by Crippen LogP contribution is -1.95. The minimum absolute atomic E-state index is 0.211. The summed E-state index contributed by atoms with van der Waals surface area (Å²) in [5.41, 5.74) is 1.32. The zero-order valence-corrected chi connectivity index (χ0v) is 11.1. The minimum atomic E-state index is -0.211. The Morgan fingerprint density at radius 2 is 1.56 bits per heavy atom. The monoisotopic (exact) mass is 224 g/mol. The van der Waals surface area contributed by atoms with Gasteiger partial charge in [0.1, 0.15) is 0 Å². The highest BCUT2D eigenvalue weighted by molar-refractivity contribution is 5.65. The first-order chi connectivity index (χ1) is 7.58. The molecule has 0 aliphatic rings. The molecule has 0 unspecified atom stereocenters. The maximum atomic E-state index is 9.82. The average Bonchev–Trinajstić information content (AvgIpc) is 2.20. The molecule has 0 spiro atoms. The Labute approximate surface area is 99.6 Å². The quantitative estimate of drug-likeness (QED) is 0.674. The van der Waals surface area contributed by atoms with Gasteiger partial charge in [-0.25, -0.2) is 0 Å². The van der Waals surface area contributed by atoms with Crippen molar-refractivity contribution in [3.8, 4) is 0 Å². The Bertz CT molecular complexity index is 242. The molecule has 0 radical (unpaired) electrons. The summed E-state index contributed by atoms with van der Waals surface area (Å²) in [6.07, 6.45) is 1.25. The summed E-state index contributed by atoms with van der Waals surface area (Å²) in [7, 11) is 0. The number of hydrogen-bond acceptors (Lipinski definition) is 2. The molecule has 0 fully saturated rings. The topological polar surface area (TPSA) is 26.3 Å². The van der Waals surface area contributed by atoms with Crippen LogP contribution in [0.5, 0.6) is 0 Å². The Morgan fingerprint density at radius 1 is 1.12 bits per heavy atom. The number of benzene rings is 1. The Morgan fingerprint density at radius 3 is 1.69 bits per heavy atom. The number of carbonyl (C=O) groups is 1. The third kappa shape index (κ3) is 18.5. The Kier molecular flexibility index (Phi) is 14.6. The van der Waals surface area contributed by atoms with Gasteiger partial charge < -0.3 is 4.74 Å². The second-order valence-electron chi connectivity index (χ2n) is 3.29. The number of aryl methyl sites for hydroxylation is 1. The van der Waals surface area contributed by atoms with Gasteiger partial charge in [-0.1, -0.05) is 56.2 Å². The molecule has 92 valence electrons. The van der Waals surface area contributed by atoms with Gasteiger partial charge in [0.15, 0.2) is 0 Å². The largest absolute Gasteiger partial charge is 0.466 e. The van der Waals surface area contributed by atoms with Crippen LogP contribution in [0.25, 0.3) is 0 Å². The number of hydrogen-bond donors (Lipinski definition) is 0. The number of rotatable bonds is 1. The fraction of sp³-hybridized carbons (Fsp3) is 0.500. The molecule has 0 aliphatic heterocycles. The van der Waals surface area contributed by atoms with Crippen LogP contribution in [0.1, 0.15) is 39.7 Å². The second-order valence-corrected chi connectivity index (χ2v) is 3.29. The van der Waals surface area contributed by atoms with Crippen LogP contribution < -0.4 is 0 Å². The van der Waals surface area contributed by atoms with Gasteiger partial charge in [-0.3, -0.25) is 4.79 Å². The van der Waals surface area contributed by atoms with Crippen LogP contribution in [-0.4, -0.2) is 12.6 Å². The van der Waals surface area contributed by atoms with E-state index >= 15 is 0 Å². The number of ether oxygens (including phenoxy) is 1. The third-order valence-corrected chi connectivity index (χ3v) is 1.29. The molecule has 16 heavy (non-hydrogen) atoms. The fourth-order valence-electron chi connectivity index (χ4n) is 0.738. The van der Waals surface area contributed by atoms with Crippen molar-refractivity contribution >= 4 is 5.97 Å². The average molecular weight is 224 g/mol. The summed E-state index contributed by atoms with van der Waals surface area (Å²) in [6, 6.07) is 10.3. The van der Waals surface area contributed by atoms with Crippen LogP contribution in [0.4, 0.5) is 0 Å². The minimum Gasteiger partial charge on any atom is -0.466 e. The van der Waals surface area contributed by atoms with Crippen LogP contribution in [0, 0.1) is 6.92 Å². The lowest BCUT2D eigenvalue weighted by Gasteiger charge is -1.89. The first kappa shape index (κ1) is 17.1. The van der Waals surface area contributed by atoms with Gasteiger partial charge in [0.2, 0.25) is 0 Å². The first-order valence-electron chi connectivity index (χ1n) is 5.73. The summed E-state index contributed by atoms with van der Waals surface area (Å²) in [5, 5.41) is 0. The molecule has 0 aliphatic carbocycles. The molecule has 0 saturated carbocycles. The van der Waals surface area contributed by atoms with Gasteiger partial charge in [0, 0.05) is 6.92 Å². The van der Waals surface area contributed by atoms with E-state index < -0.39 is 0 Å². The van der Waals surface area contributed by atoms with Crippen LogP contribution in [0.15, 0.2) is 30.3 Å². The van der Waals surface area contributed by atoms with E-state index in [1.165, 1.54) is 18.9 Å². The molecule has 1 aromatic rings. The van der Waals surface area contributed by atoms with Gasteiger partial charge in [-0.05, 0) is 13.8 Å². The molecule has 2 heteroatoms. The van der Waals surface area contributed by atoms with Crippen LogP contribution in [-0.2, 0) is 9.53 Å². The van der Waals surface area contributed by atoms with Crippen molar-refractivity contribution in [1.29, 1.82) is 0 Å². The lowest BCUT2D eigenvalue weighted by molar-refractivity contribution is -0.140. The summed E-state index contributed by atoms with van der Waals surface area (Å²) < 4.78 is 4.40. The molecule has 0 saturated heterocycles. The van der Waals surface area contributed by atoms with E-state index in [1.54, 1.807) is 6.92 Å². The highest BCUT2D eigenvalue weighted by Gasteiger charge is 1.81. The maximum Gasteiger partial charge on any atom is 0.302 e. The van der Waals surface area contributed by atoms with E-state index in [2.05, 4.69) is 37.6 Å². The van der Waals surface area contributed by atoms with E-state index in [9.17, 15) is 4.79 Å². The summed E-state index contributed by atoms with van der Waals surface area (Å²) in [6.45, 7) is 9.99. The molecular formula is C14H24O2. The molecule has 0 aromatic heterocycles. The molecule has 1 aromatic carbocycles. The van der Waals surface area contributed by atoms with E-state index in [0.29, 0.717) is 6.61 Å². The van der Waals surface area contributed by atoms with Gasteiger partial charge >= 0.3 is 5.97 Å². The van der Waals surface area contributed by atoms with Crippen molar-refractivity contribution in [2.75, 3.05) is 6.61 Å². The standard InChI is InChI=1S/C7H8.C4H8O2.C3H8/c1-7-5-3-2-4-6-7;1-3-6-4(2)5;1-3-2/h2-6H,1H3;3H2,1-2H3;3H2,1-2H3. The predicted octanol–water partition coefficient (Wildman–Crippen LogP) is 3.98. The third-order valence-electron chi connectivity index (χ3n) is 1.29. The van der Waals surface area contributed by atoms with Gasteiger partial charge in [0.05, 0.1) is 6.61 Å². The van der Waals surface area contributed by atoms with E-state index in [4.69, 9.17) is 0 Å². The van der Waals surface area contributed by atoms with Crippen LogP contribution in [0.2, 0.25) is 0 Å². The highest BCUT2D eigenvalue weighted by Crippen LogP contribution is 1.92. The van der Waals surface area contributed by atoms with E-state index in [0.717, 1.165) is 0 Å². The molecule has 0 heterocycles. The molecular weight excluding hydrogens is 200 g/mol. The van der Waals surface area contributed by atoms with Crippen molar-refractivity contribution in [2.24, 2.45) is 0 Å². The summed E-state index contributed by atoms with van der Waals surface area (Å²) >= 11 is 0. The Hall–Kier alpha value is -1.31. The van der Waals surface area contributed by atoms with E-state index in [-0.39, 0.29) is 5.97 Å². The first-order valence-corrected chi connectivity index (χ1v) is 5.73. The second kappa shape index (κ2) is 13.7. The summed E-state index contributed by atoms with van der Waals surface area (Å²) in [5.74, 6) is -0.211. The molecule has 0 N–H and O–H groups in total. The normalized spacial score (nSPS) is 7.81. The maximum absolute atomic E-state index is 9.82. The predicted molar refractivity (Wildman–Crippen MR) is 69.5 cm³/mol. The van der Waals surface area contributed by atoms with Crippen molar-refractivity contribution < 1.29 is 9.53 Å². The molecule has 0 amide bonds. The van der Waals surface area contributed by atoms with Gasteiger partial charge in [0.25, 0.3) is 0 Å². The fourth-order valence-corrected chi connectivity index (χ4v) is 0.738. The molecule has 0 atom stereocenters. The van der Waals surface area contributed by atoms with Crippen LogP contribution in [0.3, 0.4) is 0 Å².